The molecule has 0 radical (unpaired) electrons. The number of hydrogen-bond donors (Lipinski definition) is 13. The predicted octanol–water partition coefficient (Wildman–Crippen LogP) is -6.77. The topological polar surface area (TPSA) is 437 Å². The third-order valence-corrected chi connectivity index (χ3v) is 9.17. The Balaban J connectivity index is 3.30. The van der Waals surface area contributed by atoms with Crippen molar-refractivity contribution in [3.05, 3.63) is 0 Å². The van der Waals surface area contributed by atoms with Crippen LogP contribution >= 0.6 is 11.8 Å². The SMILES string of the molecule is CSCC[C@H](NC(=O)[C@H](CCCN=C(N)N)NC(=O)[C@@H](N)CCC(N)=O)C(=O)N[C@@H](CC(N)=O)C(=O)N1CCC[C@H]1C(=O)N[C@@H](CC(=O)O)C(=O)N[C@@H](CO)C(=O)O. The van der Waals surface area contributed by atoms with E-state index in [0.29, 0.717) is 5.75 Å². The number of thioether (sulfide) groups is 1. The number of likely N-dealkylation sites (tertiary alicyclic amines) is 1. The van der Waals surface area contributed by atoms with Gasteiger partial charge in [-0.2, -0.15) is 11.8 Å². The highest BCUT2D eigenvalue weighted by Crippen LogP contribution is 2.20. The van der Waals surface area contributed by atoms with E-state index in [4.69, 9.17) is 33.8 Å². The number of carboxylic acid groups (broad SMARTS) is 2. The zero-order chi connectivity index (χ0) is 44.1. The maximum Gasteiger partial charge on any atom is 0.328 e. The van der Waals surface area contributed by atoms with Gasteiger partial charge >= 0.3 is 11.9 Å². The second kappa shape index (κ2) is 25.5. The Labute approximate surface area is 336 Å². The van der Waals surface area contributed by atoms with Gasteiger partial charge in [0.1, 0.15) is 36.3 Å². The first kappa shape index (κ1) is 50.3. The summed E-state index contributed by atoms with van der Waals surface area (Å²) in [7, 11) is 0. The number of aliphatic imine (C=N–C) groups is 1. The van der Waals surface area contributed by atoms with E-state index in [2.05, 4.69) is 26.3 Å². The molecule has 0 aromatic rings. The monoisotopic (exact) mass is 846 g/mol. The van der Waals surface area contributed by atoms with Gasteiger partial charge in [0.2, 0.25) is 47.3 Å². The fourth-order valence-corrected chi connectivity index (χ4v) is 6.01. The van der Waals surface area contributed by atoms with Crippen LogP contribution in [0, 0.1) is 0 Å². The maximum atomic E-state index is 13.9. The van der Waals surface area contributed by atoms with Crippen LogP contribution in [0.1, 0.15) is 57.8 Å². The molecule has 58 heavy (non-hydrogen) atoms. The number of amides is 8. The number of carbonyl (C=O) groups excluding carboxylic acids is 8. The zero-order valence-electron chi connectivity index (χ0n) is 31.8. The lowest BCUT2D eigenvalue weighted by Crippen LogP contribution is -2.60. The molecule has 0 aromatic heterocycles. The van der Waals surface area contributed by atoms with Gasteiger partial charge < -0.3 is 75.5 Å². The Hall–Kier alpha value is -5.76. The van der Waals surface area contributed by atoms with Crippen LogP contribution in [0.25, 0.3) is 0 Å². The largest absolute Gasteiger partial charge is 0.481 e. The summed E-state index contributed by atoms with van der Waals surface area (Å²) in [5.74, 6) is -10.6. The van der Waals surface area contributed by atoms with Crippen LogP contribution in [0.4, 0.5) is 0 Å². The summed E-state index contributed by atoms with van der Waals surface area (Å²) in [5.41, 5.74) is 27.1. The summed E-state index contributed by atoms with van der Waals surface area (Å²) in [6, 6.07) is -10.5. The molecule has 8 amide bonds. The van der Waals surface area contributed by atoms with E-state index < -0.39 is 121 Å². The van der Waals surface area contributed by atoms with Gasteiger partial charge in [-0.05, 0) is 50.5 Å². The minimum atomic E-state index is -1.83. The van der Waals surface area contributed by atoms with Crippen molar-refractivity contribution in [2.24, 2.45) is 33.7 Å². The Morgan fingerprint density at radius 2 is 1.31 bits per heavy atom. The number of carboxylic acids is 2. The minimum absolute atomic E-state index is 0.000498. The first-order chi connectivity index (χ1) is 27.2. The van der Waals surface area contributed by atoms with Crippen LogP contribution in [0.15, 0.2) is 4.99 Å². The van der Waals surface area contributed by atoms with Crippen LogP contribution in [-0.2, 0) is 47.9 Å². The third kappa shape index (κ3) is 18.0. The van der Waals surface area contributed by atoms with Crippen LogP contribution in [0.3, 0.4) is 0 Å². The van der Waals surface area contributed by atoms with E-state index in [1.807, 2.05) is 5.32 Å². The van der Waals surface area contributed by atoms with Crippen molar-refractivity contribution in [1.29, 1.82) is 0 Å². The highest BCUT2D eigenvalue weighted by molar-refractivity contribution is 7.98. The molecule has 1 aliphatic heterocycles. The molecule has 25 nitrogen and oxygen atoms in total. The van der Waals surface area contributed by atoms with Crippen LogP contribution < -0.4 is 55.3 Å². The Bertz CT molecular complexity index is 1550. The molecule has 1 heterocycles. The number of aliphatic hydroxyl groups is 1. The van der Waals surface area contributed by atoms with Gasteiger partial charge in [0.15, 0.2) is 5.96 Å². The standard InChI is InChI=1S/C32H54N12O13S/c1-58-11-8-17(40-26(51)16(4-2-9-38-32(36)37)39-25(50)15(33)6-7-22(34)46)27(52)42-19(12-23(35)47)30(55)44-10-3-5-21(44)29(54)41-18(13-24(48)49)28(53)43-20(14-45)31(56)57/h15-21,45H,2-14,33H2,1H3,(H2,34,46)(H2,35,47)(H,39,50)(H,40,51)(H,41,54)(H,42,52)(H,43,53)(H,48,49)(H,56,57)(H4,36,37,38)/t15-,16-,17-,18-,19-,20-,21-/m0/s1. The minimum Gasteiger partial charge on any atom is -0.481 e. The number of nitrogens with zero attached hydrogens (tertiary/aromatic N) is 2. The molecule has 1 rings (SSSR count). The summed E-state index contributed by atoms with van der Waals surface area (Å²) < 4.78 is 0. The summed E-state index contributed by atoms with van der Waals surface area (Å²) in [4.78, 5) is 131. The summed E-state index contributed by atoms with van der Waals surface area (Å²) in [6.07, 6.45) is -0.00328. The number of aliphatic hydroxyl groups excluding tert-OH is 1. The van der Waals surface area contributed by atoms with Crippen molar-refractivity contribution in [3.8, 4) is 0 Å². The van der Waals surface area contributed by atoms with Gasteiger partial charge in [-0.1, -0.05) is 0 Å². The van der Waals surface area contributed by atoms with E-state index in [0.717, 1.165) is 4.90 Å². The van der Waals surface area contributed by atoms with Gasteiger partial charge in [0.05, 0.1) is 25.5 Å². The maximum absolute atomic E-state index is 13.9. The first-order valence-corrected chi connectivity index (χ1v) is 19.4. The van der Waals surface area contributed by atoms with Crippen LogP contribution in [-0.4, -0.2) is 159 Å². The molecule has 0 aromatic carbocycles. The molecule has 0 spiro atoms. The van der Waals surface area contributed by atoms with E-state index in [1.165, 1.54) is 11.8 Å². The highest BCUT2D eigenvalue weighted by Gasteiger charge is 2.41. The number of nitrogens with one attached hydrogen (secondary N) is 5. The van der Waals surface area contributed by atoms with Crippen molar-refractivity contribution in [1.82, 2.24) is 31.5 Å². The Morgan fingerprint density at radius 1 is 0.741 bits per heavy atom. The smallest absolute Gasteiger partial charge is 0.328 e. The zero-order valence-corrected chi connectivity index (χ0v) is 32.7. The number of rotatable bonds is 27. The second-order valence-electron chi connectivity index (χ2n) is 13.1. The molecule has 1 aliphatic rings. The molecule has 0 unspecified atom stereocenters. The van der Waals surface area contributed by atoms with Crippen LogP contribution in [0.5, 0.6) is 0 Å². The summed E-state index contributed by atoms with van der Waals surface area (Å²) >= 11 is 1.31. The Kier molecular flexibility index (Phi) is 22.1. The molecule has 1 saturated heterocycles. The number of aliphatic carboxylic acids is 2. The van der Waals surface area contributed by atoms with E-state index in [1.54, 1.807) is 6.26 Å². The molecule has 0 saturated carbocycles. The lowest BCUT2D eigenvalue weighted by atomic mass is 10.1. The predicted molar refractivity (Wildman–Crippen MR) is 204 cm³/mol. The number of nitrogens with two attached hydrogens (primary N) is 5. The third-order valence-electron chi connectivity index (χ3n) is 8.53. The summed E-state index contributed by atoms with van der Waals surface area (Å²) in [5, 5.41) is 39.2. The van der Waals surface area contributed by atoms with E-state index in [9.17, 15) is 58.2 Å². The molecule has 18 N–H and O–H groups in total. The second-order valence-corrected chi connectivity index (χ2v) is 14.1. The molecule has 7 atom stereocenters. The molecule has 0 bridgehead atoms. The highest BCUT2D eigenvalue weighted by atomic mass is 32.2. The lowest BCUT2D eigenvalue weighted by Gasteiger charge is -2.30. The average molecular weight is 847 g/mol. The molecule has 26 heteroatoms. The molecular formula is C32H54N12O13S. The van der Waals surface area contributed by atoms with Crippen molar-refractivity contribution in [2.75, 3.05) is 31.7 Å². The van der Waals surface area contributed by atoms with Crippen LogP contribution in [0.2, 0.25) is 0 Å². The lowest BCUT2D eigenvalue weighted by molar-refractivity contribution is -0.145. The van der Waals surface area contributed by atoms with E-state index >= 15 is 0 Å². The van der Waals surface area contributed by atoms with Gasteiger partial charge in [-0.15, -0.1) is 0 Å². The number of carbonyl (C=O) groups is 10. The molecular weight excluding hydrogens is 792 g/mol. The molecule has 0 aliphatic carbocycles. The van der Waals surface area contributed by atoms with Gasteiger partial charge in [-0.3, -0.25) is 48.1 Å². The molecule has 1 fully saturated rings. The van der Waals surface area contributed by atoms with E-state index in [-0.39, 0.29) is 64.0 Å². The van der Waals surface area contributed by atoms with Crippen molar-refractivity contribution < 1.29 is 63.3 Å². The number of primary amides is 2. The average Bonchev–Trinajstić information content (AvgIpc) is 3.64. The Morgan fingerprint density at radius 3 is 1.84 bits per heavy atom. The van der Waals surface area contributed by atoms with Gasteiger partial charge in [0, 0.05) is 19.5 Å². The first-order valence-electron chi connectivity index (χ1n) is 18.0. The quantitative estimate of drug-likeness (QED) is 0.0208. The van der Waals surface area contributed by atoms with Crippen molar-refractivity contribution in [3.63, 3.8) is 0 Å². The fourth-order valence-electron chi connectivity index (χ4n) is 5.54. The van der Waals surface area contributed by atoms with Gasteiger partial charge in [-0.25, -0.2) is 4.79 Å². The van der Waals surface area contributed by atoms with Crippen molar-refractivity contribution >= 4 is 76.9 Å². The normalized spacial score (nSPS) is 16.5. The fraction of sp³-hybridized carbons (Fsp3) is 0.656. The van der Waals surface area contributed by atoms with Gasteiger partial charge in [0.25, 0.3) is 0 Å². The summed E-state index contributed by atoms with van der Waals surface area (Å²) in [6.45, 7) is -1.06. The van der Waals surface area contributed by atoms with Crippen molar-refractivity contribution in [2.45, 2.75) is 100 Å². The molecule has 326 valence electrons. The number of hydrogen-bond acceptors (Lipinski definition) is 14. The number of guanidine groups is 1.